The van der Waals surface area contributed by atoms with E-state index in [1.165, 1.54) is 24.0 Å². The molecule has 0 aromatic heterocycles. The van der Waals surface area contributed by atoms with Crippen molar-refractivity contribution in [3.05, 3.63) is 34.9 Å². The smallest absolute Gasteiger partial charge is 0.251 e. The van der Waals surface area contributed by atoms with Crippen molar-refractivity contribution in [3.63, 3.8) is 0 Å². The van der Waals surface area contributed by atoms with Gasteiger partial charge in [0.15, 0.2) is 0 Å². The van der Waals surface area contributed by atoms with Crippen molar-refractivity contribution in [2.45, 2.75) is 39.5 Å². The molecule has 1 N–H and O–H groups in total. The van der Waals surface area contributed by atoms with E-state index >= 15 is 0 Å². The molecule has 0 unspecified atom stereocenters. The zero-order valence-electron chi connectivity index (χ0n) is 10.9. The van der Waals surface area contributed by atoms with Crippen LogP contribution in [0.2, 0.25) is 0 Å². The molecule has 2 nitrogen and oxygen atoms in total. The number of carbonyl (C=O) groups excluding carboxylic acids is 1. The van der Waals surface area contributed by atoms with Crippen molar-refractivity contribution < 1.29 is 6.22 Å². The molecule has 1 aromatic rings. The molecule has 94 valence electrons. The Morgan fingerprint density at radius 2 is 2.18 bits per heavy atom. The van der Waals surface area contributed by atoms with Crippen molar-refractivity contribution in [2.75, 3.05) is 6.54 Å². The highest BCUT2D eigenvalue weighted by atomic mass is 16.1. The Morgan fingerprint density at radius 3 is 2.71 bits per heavy atom. The van der Waals surface area contributed by atoms with Gasteiger partial charge in [-0.25, -0.2) is 0 Å². The second-order valence-electron chi connectivity index (χ2n) is 5.38. The molecule has 1 fully saturated rings. The lowest BCUT2D eigenvalue weighted by Crippen LogP contribution is -2.25. The molecule has 2 rings (SSSR count). The van der Waals surface area contributed by atoms with Gasteiger partial charge in [0.2, 0.25) is 0 Å². The van der Waals surface area contributed by atoms with Gasteiger partial charge in [-0.1, -0.05) is 19.9 Å². The Kier molecular flexibility index (Phi) is 3.51. The van der Waals surface area contributed by atoms with E-state index in [0.717, 1.165) is 18.0 Å². The predicted molar refractivity (Wildman–Crippen MR) is 72.4 cm³/mol. The standard InChI is InChI=1S/C15H21NO.H2/c1-10(2)14-7-6-13(8-11(14)3)15(17)16-9-12-4-5-12;/h6-8,10,12H,4-5,9H2,1-3H3,(H,16,17);1H. The highest BCUT2D eigenvalue weighted by Crippen LogP contribution is 2.27. The number of rotatable bonds is 4. The number of benzene rings is 1. The predicted octanol–water partition coefficient (Wildman–Crippen LogP) is 3.50. The van der Waals surface area contributed by atoms with E-state index in [1.807, 2.05) is 12.1 Å². The Labute approximate surface area is 105 Å². The largest absolute Gasteiger partial charge is 0.352 e. The minimum Gasteiger partial charge on any atom is -0.352 e. The fourth-order valence-corrected chi connectivity index (χ4v) is 2.13. The van der Waals surface area contributed by atoms with Gasteiger partial charge in [-0.3, -0.25) is 4.79 Å². The van der Waals surface area contributed by atoms with Crippen LogP contribution in [0.5, 0.6) is 0 Å². The maximum atomic E-state index is 11.9. The number of hydrogen-bond acceptors (Lipinski definition) is 1. The first-order valence-electron chi connectivity index (χ1n) is 6.46. The zero-order chi connectivity index (χ0) is 12.4. The molecule has 0 saturated heterocycles. The Hall–Kier alpha value is -1.31. The van der Waals surface area contributed by atoms with Crippen molar-refractivity contribution in [2.24, 2.45) is 5.92 Å². The highest BCUT2D eigenvalue weighted by Gasteiger charge is 2.21. The molecule has 1 saturated carbocycles. The van der Waals surface area contributed by atoms with Gasteiger partial charge in [0.25, 0.3) is 5.91 Å². The molecule has 0 heterocycles. The van der Waals surface area contributed by atoms with Crippen LogP contribution in [0.3, 0.4) is 0 Å². The normalized spacial score (nSPS) is 15.1. The zero-order valence-corrected chi connectivity index (χ0v) is 10.9. The van der Waals surface area contributed by atoms with Crippen LogP contribution < -0.4 is 5.32 Å². The molecule has 0 radical (unpaired) electrons. The van der Waals surface area contributed by atoms with Crippen LogP contribution in [0.25, 0.3) is 0 Å². The van der Waals surface area contributed by atoms with Gasteiger partial charge in [-0.05, 0) is 54.9 Å². The highest BCUT2D eigenvalue weighted by molar-refractivity contribution is 5.94. The van der Waals surface area contributed by atoms with Gasteiger partial charge in [0.05, 0.1) is 0 Å². The molecule has 0 aliphatic heterocycles. The van der Waals surface area contributed by atoms with E-state index in [1.54, 1.807) is 0 Å². The van der Waals surface area contributed by atoms with E-state index < -0.39 is 0 Å². The summed E-state index contributed by atoms with van der Waals surface area (Å²) >= 11 is 0. The molecule has 17 heavy (non-hydrogen) atoms. The molecular weight excluding hydrogens is 210 g/mol. The van der Waals surface area contributed by atoms with Crippen LogP contribution in [-0.2, 0) is 0 Å². The molecule has 0 bridgehead atoms. The molecule has 1 amide bonds. The second kappa shape index (κ2) is 4.91. The number of hydrogen-bond donors (Lipinski definition) is 1. The topological polar surface area (TPSA) is 29.1 Å². The molecular formula is C15H23NO. The van der Waals surface area contributed by atoms with Gasteiger partial charge in [-0.2, -0.15) is 0 Å². The van der Waals surface area contributed by atoms with Crippen LogP contribution in [0.15, 0.2) is 18.2 Å². The molecule has 1 aliphatic carbocycles. The molecule has 1 aromatic carbocycles. The van der Waals surface area contributed by atoms with E-state index in [9.17, 15) is 4.79 Å². The quantitative estimate of drug-likeness (QED) is 0.847. The number of aryl methyl sites for hydroxylation is 1. The fourth-order valence-electron chi connectivity index (χ4n) is 2.13. The van der Waals surface area contributed by atoms with Gasteiger partial charge in [-0.15, -0.1) is 0 Å². The maximum absolute atomic E-state index is 11.9. The molecule has 0 spiro atoms. The number of nitrogens with one attached hydrogen (secondary N) is 1. The number of amides is 1. The molecule has 1 aliphatic rings. The van der Waals surface area contributed by atoms with Gasteiger partial charge in [0, 0.05) is 13.5 Å². The average Bonchev–Trinajstić information content (AvgIpc) is 3.09. The van der Waals surface area contributed by atoms with E-state index in [-0.39, 0.29) is 7.33 Å². The maximum Gasteiger partial charge on any atom is 0.251 e. The summed E-state index contributed by atoms with van der Waals surface area (Å²) in [6, 6.07) is 6.01. The van der Waals surface area contributed by atoms with Crippen LogP contribution in [-0.4, -0.2) is 12.5 Å². The van der Waals surface area contributed by atoms with E-state index in [2.05, 4.69) is 32.2 Å². The van der Waals surface area contributed by atoms with Gasteiger partial charge < -0.3 is 5.32 Å². The average molecular weight is 233 g/mol. The summed E-state index contributed by atoms with van der Waals surface area (Å²) in [6.07, 6.45) is 2.54. The molecule has 2 heteroatoms. The summed E-state index contributed by atoms with van der Waals surface area (Å²) in [7, 11) is 0. The fraction of sp³-hybridized carbons (Fsp3) is 0.533. The summed E-state index contributed by atoms with van der Waals surface area (Å²) < 4.78 is 0. The van der Waals surface area contributed by atoms with Crippen molar-refractivity contribution in [3.8, 4) is 0 Å². The van der Waals surface area contributed by atoms with E-state index in [4.69, 9.17) is 0 Å². The summed E-state index contributed by atoms with van der Waals surface area (Å²) in [6.45, 7) is 7.27. The third-order valence-corrected chi connectivity index (χ3v) is 3.40. The lowest BCUT2D eigenvalue weighted by Gasteiger charge is -2.11. The SMILES string of the molecule is Cc1cc(C(=O)NCC2CC2)ccc1C(C)C.[HH]. The summed E-state index contributed by atoms with van der Waals surface area (Å²) in [5.74, 6) is 1.31. The Morgan fingerprint density at radius 1 is 1.47 bits per heavy atom. The minimum atomic E-state index is 0. The summed E-state index contributed by atoms with van der Waals surface area (Å²) in [4.78, 5) is 11.9. The Bertz CT molecular complexity index is 425. The van der Waals surface area contributed by atoms with Crippen molar-refractivity contribution in [1.29, 1.82) is 0 Å². The van der Waals surface area contributed by atoms with Crippen LogP contribution in [0, 0.1) is 12.8 Å². The first kappa shape index (κ1) is 12.2. The van der Waals surface area contributed by atoms with Gasteiger partial charge in [0.1, 0.15) is 0 Å². The lowest BCUT2D eigenvalue weighted by molar-refractivity contribution is 0.0951. The van der Waals surface area contributed by atoms with Gasteiger partial charge >= 0.3 is 0 Å². The monoisotopic (exact) mass is 233 g/mol. The molecule has 0 atom stereocenters. The van der Waals surface area contributed by atoms with E-state index in [0.29, 0.717) is 5.92 Å². The van der Waals surface area contributed by atoms with Crippen molar-refractivity contribution >= 4 is 5.91 Å². The lowest BCUT2D eigenvalue weighted by atomic mass is 9.96. The van der Waals surface area contributed by atoms with Crippen LogP contribution >= 0.6 is 0 Å². The van der Waals surface area contributed by atoms with Crippen molar-refractivity contribution in [1.82, 2.24) is 5.32 Å². The Balaban J connectivity index is 0.00000162. The van der Waals surface area contributed by atoms with Crippen LogP contribution in [0.1, 0.15) is 55.5 Å². The third kappa shape index (κ3) is 3.09. The van der Waals surface area contributed by atoms with Crippen LogP contribution in [0.4, 0.5) is 0 Å². The third-order valence-electron chi connectivity index (χ3n) is 3.40. The first-order chi connectivity index (χ1) is 8.08. The summed E-state index contributed by atoms with van der Waals surface area (Å²) in [5.41, 5.74) is 3.32. The second-order valence-corrected chi connectivity index (χ2v) is 5.38. The summed E-state index contributed by atoms with van der Waals surface area (Å²) in [5, 5.41) is 3.00. The first-order valence-corrected chi connectivity index (χ1v) is 6.46. The minimum absolute atomic E-state index is 0. The number of carbonyl (C=O) groups is 1.